The van der Waals surface area contributed by atoms with Crippen LogP contribution >= 0.6 is 0 Å². The molecule has 7 nitrogen and oxygen atoms in total. The van der Waals surface area contributed by atoms with Gasteiger partial charge in [-0.2, -0.15) is 10.2 Å². The van der Waals surface area contributed by atoms with Gasteiger partial charge in [0.2, 0.25) is 5.82 Å². The fourth-order valence-electron chi connectivity index (χ4n) is 0.970. The summed E-state index contributed by atoms with van der Waals surface area (Å²) in [6.07, 6.45) is 0. The normalized spacial score (nSPS) is 10.4. The largest absolute Gasteiger partial charge is 0.324 e. The summed E-state index contributed by atoms with van der Waals surface area (Å²) in [6, 6.07) is 2.91. The predicted octanol–water partition coefficient (Wildman–Crippen LogP) is -0.986. The summed E-state index contributed by atoms with van der Waals surface area (Å²) in [5.74, 6) is 0.995. The molecule has 0 aliphatic carbocycles. The van der Waals surface area contributed by atoms with Crippen molar-refractivity contribution in [3.8, 4) is 11.5 Å². The number of nitrogens with zero attached hydrogens (tertiary/aromatic N) is 3. The molecule has 0 bridgehead atoms. The molecule has 72 valence electrons. The van der Waals surface area contributed by atoms with Gasteiger partial charge >= 0.3 is 0 Å². The number of nitrogens with one attached hydrogen (secondary N) is 2. The Morgan fingerprint density at radius 2 is 2.14 bits per heavy atom. The number of nitrogens with two attached hydrogens (primary N) is 1. The number of aromatic nitrogens is 5. The second kappa shape index (κ2) is 3.38. The summed E-state index contributed by atoms with van der Waals surface area (Å²) < 4.78 is 0. The minimum absolute atomic E-state index is 0.261. The molecular weight excluding hydrogens is 184 g/mol. The van der Waals surface area contributed by atoms with Gasteiger partial charge in [0, 0.05) is 6.07 Å². The minimum atomic E-state index is -0.261. The third-order valence-electron chi connectivity index (χ3n) is 1.63. The lowest BCUT2D eigenvalue weighted by atomic mass is 10.4. The van der Waals surface area contributed by atoms with Crippen molar-refractivity contribution < 1.29 is 0 Å². The molecule has 2 aromatic heterocycles. The van der Waals surface area contributed by atoms with Gasteiger partial charge in [0.15, 0.2) is 0 Å². The lowest BCUT2D eigenvalue weighted by Crippen LogP contribution is -2.06. The van der Waals surface area contributed by atoms with Crippen LogP contribution in [0.5, 0.6) is 0 Å². The fourth-order valence-corrected chi connectivity index (χ4v) is 0.970. The van der Waals surface area contributed by atoms with E-state index in [1.807, 2.05) is 0 Å². The van der Waals surface area contributed by atoms with Crippen LogP contribution in [0, 0.1) is 0 Å². The van der Waals surface area contributed by atoms with Crippen LogP contribution in [0.2, 0.25) is 0 Å². The van der Waals surface area contributed by atoms with E-state index in [0.717, 1.165) is 0 Å². The van der Waals surface area contributed by atoms with E-state index in [-0.39, 0.29) is 12.1 Å². The smallest absolute Gasteiger partial charge is 0.264 e. The lowest BCUT2D eigenvalue weighted by Gasteiger charge is -1.90. The minimum Gasteiger partial charge on any atom is -0.324 e. The van der Waals surface area contributed by atoms with Crippen LogP contribution in [-0.2, 0) is 6.54 Å². The Kier molecular flexibility index (Phi) is 2.07. The van der Waals surface area contributed by atoms with E-state index in [2.05, 4.69) is 25.4 Å². The Morgan fingerprint density at radius 1 is 1.29 bits per heavy atom. The maximum Gasteiger partial charge on any atom is 0.264 e. The first-order chi connectivity index (χ1) is 6.79. The monoisotopic (exact) mass is 192 g/mol. The Balaban J connectivity index is 2.39. The highest BCUT2D eigenvalue weighted by molar-refractivity contribution is 5.46. The molecule has 0 radical (unpaired) electrons. The Hall–Kier alpha value is -2.02. The molecule has 14 heavy (non-hydrogen) atoms. The highest BCUT2D eigenvalue weighted by Crippen LogP contribution is 2.07. The zero-order chi connectivity index (χ0) is 9.97. The van der Waals surface area contributed by atoms with Crippen molar-refractivity contribution in [1.82, 2.24) is 25.4 Å². The molecule has 0 spiro atoms. The molecule has 0 saturated heterocycles. The Bertz CT molecular complexity index is 466. The van der Waals surface area contributed by atoms with Crippen molar-refractivity contribution in [3.63, 3.8) is 0 Å². The number of aromatic amines is 2. The van der Waals surface area contributed by atoms with Gasteiger partial charge in [-0.15, -0.1) is 0 Å². The van der Waals surface area contributed by atoms with Crippen LogP contribution in [0.3, 0.4) is 0 Å². The molecule has 7 heteroatoms. The van der Waals surface area contributed by atoms with E-state index < -0.39 is 0 Å². The van der Waals surface area contributed by atoms with E-state index in [1.54, 1.807) is 6.07 Å². The molecule has 0 saturated carbocycles. The summed E-state index contributed by atoms with van der Waals surface area (Å²) in [5.41, 5.74) is 5.59. The van der Waals surface area contributed by atoms with Crippen LogP contribution in [0.15, 0.2) is 16.9 Å². The average molecular weight is 192 g/mol. The van der Waals surface area contributed by atoms with Gasteiger partial charge in [0.25, 0.3) is 5.56 Å². The molecule has 0 aromatic carbocycles. The summed E-state index contributed by atoms with van der Waals surface area (Å²) in [6.45, 7) is 0.288. The molecule has 0 fully saturated rings. The molecular formula is C7H8N6O. The van der Waals surface area contributed by atoms with Gasteiger partial charge < -0.3 is 5.73 Å². The first kappa shape index (κ1) is 8.57. The maximum absolute atomic E-state index is 10.7. The molecule has 0 unspecified atom stereocenters. The van der Waals surface area contributed by atoms with Crippen molar-refractivity contribution in [1.29, 1.82) is 0 Å². The van der Waals surface area contributed by atoms with Crippen LogP contribution in [-0.4, -0.2) is 25.4 Å². The van der Waals surface area contributed by atoms with Crippen LogP contribution in [0.25, 0.3) is 11.5 Å². The zero-order valence-corrected chi connectivity index (χ0v) is 7.19. The number of hydrogen-bond donors (Lipinski definition) is 3. The van der Waals surface area contributed by atoms with E-state index >= 15 is 0 Å². The summed E-state index contributed by atoms with van der Waals surface area (Å²) >= 11 is 0. The topological polar surface area (TPSA) is 113 Å². The first-order valence-electron chi connectivity index (χ1n) is 3.97. The van der Waals surface area contributed by atoms with E-state index in [4.69, 9.17) is 5.73 Å². The standard InChI is InChI=1S/C7H8N6O/c8-3-5-9-7(13-11-5)4-1-2-6(14)12-10-4/h1-2H,3,8H2,(H,12,14)(H,9,11,13). The zero-order valence-electron chi connectivity index (χ0n) is 7.19. The van der Waals surface area contributed by atoms with Gasteiger partial charge in [0.05, 0.1) is 6.54 Å². The summed E-state index contributed by atoms with van der Waals surface area (Å²) in [4.78, 5) is 14.8. The highest BCUT2D eigenvalue weighted by Gasteiger charge is 2.05. The third kappa shape index (κ3) is 1.52. The quantitative estimate of drug-likeness (QED) is 0.565. The van der Waals surface area contributed by atoms with Crippen molar-refractivity contribution >= 4 is 0 Å². The molecule has 2 aromatic rings. The van der Waals surface area contributed by atoms with Gasteiger partial charge in [-0.3, -0.25) is 9.89 Å². The summed E-state index contributed by atoms with van der Waals surface area (Å²) in [5, 5.41) is 12.6. The highest BCUT2D eigenvalue weighted by atomic mass is 16.1. The maximum atomic E-state index is 10.7. The molecule has 0 atom stereocenters. The van der Waals surface area contributed by atoms with Gasteiger partial charge in [0.1, 0.15) is 11.5 Å². The Labute approximate surface area is 78.4 Å². The van der Waals surface area contributed by atoms with E-state index in [0.29, 0.717) is 17.3 Å². The molecule has 0 amide bonds. The third-order valence-corrected chi connectivity index (χ3v) is 1.63. The molecule has 2 rings (SSSR count). The number of hydrogen-bond acceptors (Lipinski definition) is 5. The van der Waals surface area contributed by atoms with Crippen molar-refractivity contribution in [2.24, 2.45) is 5.73 Å². The second-order valence-electron chi connectivity index (χ2n) is 2.62. The summed E-state index contributed by atoms with van der Waals surface area (Å²) in [7, 11) is 0. The molecule has 2 heterocycles. The first-order valence-corrected chi connectivity index (χ1v) is 3.97. The van der Waals surface area contributed by atoms with E-state index in [9.17, 15) is 4.79 Å². The Morgan fingerprint density at radius 3 is 2.71 bits per heavy atom. The van der Waals surface area contributed by atoms with Crippen molar-refractivity contribution in [2.75, 3.05) is 0 Å². The predicted molar refractivity (Wildman–Crippen MR) is 48.1 cm³/mol. The second-order valence-corrected chi connectivity index (χ2v) is 2.62. The fraction of sp³-hybridized carbons (Fsp3) is 0.143. The van der Waals surface area contributed by atoms with Gasteiger partial charge in [-0.1, -0.05) is 0 Å². The number of H-pyrrole nitrogens is 2. The number of rotatable bonds is 2. The van der Waals surface area contributed by atoms with Crippen LogP contribution in [0.4, 0.5) is 0 Å². The van der Waals surface area contributed by atoms with Gasteiger partial charge in [-0.25, -0.2) is 10.1 Å². The molecule has 4 N–H and O–H groups in total. The van der Waals surface area contributed by atoms with E-state index in [1.165, 1.54) is 6.07 Å². The lowest BCUT2D eigenvalue weighted by molar-refractivity contribution is 0.917. The SMILES string of the molecule is NCc1nc(-c2ccc(=O)[nH]n2)n[nH]1. The molecule has 0 aliphatic heterocycles. The molecule has 0 aliphatic rings. The van der Waals surface area contributed by atoms with Crippen LogP contribution < -0.4 is 11.3 Å². The average Bonchev–Trinajstić information content (AvgIpc) is 2.67. The van der Waals surface area contributed by atoms with Crippen molar-refractivity contribution in [2.45, 2.75) is 6.54 Å². The van der Waals surface area contributed by atoms with Crippen molar-refractivity contribution in [3.05, 3.63) is 28.3 Å². The van der Waals surface area contributed by atoms with Gasteiger partial charge in [-0.05, 0) is 6.07 Å². The van der Waals surface area contributed by atoms with Crippen LogP contribution in [0.1, 0.15) is 5.82 Å².